The van der Waals surface area contributed by atoms with Crippen molar-refractivity contribution in [3.63, 3.8) is 0 Å². The second kappa shape index (κ2) is 4.16. The van der Waals surface area contributed by atoms with Crippen molar-refractivity contribution < 1.29 is 0 Å². The van der Waals surface area contributed by atoms with Crippen molar-refractivity contribution in [3.8, 4) is 5.69 Å². The van der Waals surface area contributed by atoms with Crippen molar-refractivity contribution in [2.45, 2.75) is 26.7 Å². The van der Waals surface area contributed by atoms with E-state index < -0.39 is 0 Å². The molecular formula is C12H16N4O. The van der Waals surface area contributed by atoms with E-state index in [4.69, 9.17) is 0 Å². The lowest BCUT2D eigenvalue weighted by atomic mass is 10.0. The first kappa shape index (κ1) is 11.6. The Labute approximate surface area is 99.7 Å². The van der Waals surface area contributed by atoms with Crippen LogP contribution in [0.25, 0.3) is 5.69 Å². The summed E-state index contributed by atoms with van der Waals surface area (Å²) in [4.78, 5) is 16.3. The molecule has 0 unspecified atom stereocenters. The molecule has 17 heavy (non-hydrogen) atoms. The molecule has 0 fully saturated rings. The minimum Gasteiger partial charge on any atom is -0.302 e. The van der Waals surface area contributed by atoms with Crippen LogP contribution >= 0.6 is 0 Å². The first-order chi connectivity index (χ1) is 8.02. The van der Waals surface area contributed by atoms with Crippen LogP contribution in [0.4, 0.5) is 0 Å². The van der Waals surface area contributed by atoms with Crippen molar-refractivity contribution >= 4 is 0 Å². The Morgan fingerprint density at radius 3 is 2.59 bits per heavy atom. The summed E-state index contributed by atoms with van der Waals surface area (Å²) in [6, 6.07) is 0. The van der Waals surface area contributed by atoms with Crippen LogP contribution in [0.2, 0.25) is 0 Å². The topological polar surface area (TPSA) is 52.7 Å². The second-order valence-electron chi connectivity index (χ2n) is 4.37. The van der Waals surface area contributed by atoms with Crippen molar-refractivity contribution in [1.29, 1.82) is 0 Å². The second-order valence-corrected chi connectivity index (χ2v) is 4.37. The van der Waals surface area contributed by atoms with Gasteiger partial charge in [0, 0.05) is 25.0 Å². The fourth-order valence-corrected chi connectivity index (χ4v) is 1.91. The van der Waals surface area contributed by atoms with E-state index in [1.54, 1.807) is 19.4 Å². The molecule has 0 spiro atoms. The third-order valence-electron chi connectivity index (χ3n) is 2.82. The number of aryl methyl sites for hydroxylation is 2. The Balaban J connectivity index is 2.75. The zero-order valence-electron chi connectivity index (χ0n) is 10.5. The molecule has 90 valence electrons. The molecule has 0 aromatic carbocycles. The zero-order valence-corrected chi connectivity index (χ0v) is 10.5. The van der Waals surface area contributed by atoms with Gasteiger partial charge in [0.05, 0.1) is 11.9 Å². The van der Waals surface area contributed by atoms with E-state index in [0.717, 1.165) is 17.1 Å². The predicted molar refractivity (Wildman–Crippen MR) is 65.4 cm³/mol. The molecule has 0 bridgehead atoms. The molecule has 0 amide bonds. The van der Waals surface area contributed by atoms with Crippen LogP contribution < -0.4 is 5.56 Å². The van der Waals surface area contributed by atoms with Gasteiger partial charge in [0.25, 0.3) is 5.56 Å². The monoisotopic (exact) mass is 232 g/mol. The first-order valence-corrected chi connectivity index (χ1v) is 5.59. The number of hydrogen-bond acceptors (Lipinski definition) is 3. The Kier molecular flexibility index (Phi) is 2.83. The molecule has 0 saturated heterocycles. The van der Waals surface area contributed by atoms with E-state index >= 15 is 0 Å². The maximum atomic E-state index is 12.1. The lowest BCUT2D eigenvalue weighted by Gasteiger charge is -2.14. The van der Waals surface area contributed by atoms with E-state index in [-0.39, 0.29) is 11.5 Å². The van der Waals surface area contributed by atoms with Gasteiger partial charge in [-0.15, -0.1) is 0 Å². The normalized spacial score (nSPS) is 11.1. The number of hydrogen-bond donors (Lipinski definition) is 0. The minimum atomic E-state index is -0.0504. The highest BCUT2D eigenvalue weighted by Crippen LogP contribution is 2.19. The number of nitrogens with zero attached hydrogens (tertiary/aromatic N) is 4. The first-order valence-electron chi connectivity index (χ1n) is 5.59. The fourth-order valence-electron chi connectivity index (χ4n) is 1.91. The fraction of sp³-hybridized carbons (Fsp3) is 0.417. The SMILES string of the molecule is Cc1nccn1-c1cnn(C)c(=O)c1C(C)C. The molecule has 0 aliphatic heterocycles. The van der Waals surface area contributed by atoms with E-state index in [0.29, 0.717) is 0 Å². The Morgan fingerprint density at radius 2 is 2.06 bits per heavy atom. The van der Waals surface area contributed by atoms with E-state index in [9.17, 15) is 4.79 Å². The zero-order chi connectivity index (χ0) is 12.6. The van der Waals surface area contributed by atoms with Crippen LogP contribution in [-0.4, -0.2) is 19.3 Å². The maximum Gasteiger partial charge on any atom is 0.272 e. The minimum absolute atomic E-state index is 0.0504. The van der Waals surface area contributed by atoms with Crippen LogP contribution in [0.15, 0.2) is 23.4 Å². The van der Waals surface area contributed by atoms with Gasteiger partial charge in [0.15, 0.2) is 0 Å². The quantitative estimate of drug-likeness (QED) is 0.786. The van der Waals surface area contributed by atoms with E-state index in [1.807, 2.05) is 31.5 Å². The molecule has 0 radical (unpaired) electrons. The van der Waals surface area contributed by atoms with Crippen LogP contribution in [0.3, 0.4) is 0 Å². The average Bonchev–Trinajstić information content (AvgIpc) is 2.67. The van der Waals surface area contributed by atoms with Crippen LogP contribution in [0, 0.1) is 6.92 Å². The van der Waals surface area contributed by atoms with Crippen LogP contribution in [-0.2, 0) is 7.05 Å². The highest BCUT2D eigenvalue weighted by Gasteiger charge is 2.15. The maximum absolute atomic E-state index is 12.1. The van der Waals surface area contributed by atoms with Gasteiger partial charge in [-0.25, -0.2) is 9.67 Å². The molecule has 2 aromatic rings. The van der Waals surface area contributed by atoms with Crippen LogP contribution in [0.1, 0.15) is 31.2 Å². The summed E-state index contributed by atoms with van der Waals surface area (Å²) in [5, 5.41) is 4.07. The number of aromatic nitrogens is 4. The molecule has 5 nitrogen and oxygen atoms in total. The van der Waals surface area contributed by atoms with Gasteiger partial charge < -0.3 is 4.57 Å². The molecule has 0 N–H and O–H groups in total. The lowest BCUT2D eigenvalue weighted by molar-refractivity contribution is 0.668. The summed E-state index contributed by atoms with van der Waals surface area (Å²) in [5.41, 5.74) is 1.53. The molecule has 2 aromatic heterocycles. The van der Waals surface area contributed by atoms with Gasteiger partial charge in [0.2, 0.25) is 0 Å². The van der Waals surface area contributed by atoms with Crippen molar-refractivity contribution in [1.82, 2.24) is 19.3 Å². The molecule has 2 rings (SSSR count). The Bertz CT molecular complexity index is 595. The predicted octanol–water partition coefficient (Wildman–Crippen LogP) is 1.40. The van der Waals surface area contributed by atoms with Crippen LogP contribution in [0.5, 0.6) is 0 Å². The van der Waals surface area contributed by atoms with E-state index in [1.165, 1.54) is 4.68 Å². The average molecular weight is 232 g/mol. The highest BCUT2D eigenvalue weighted by molar-refractivity contribution is 5.40. The van der Waals surface area contributed by atoms with E-state index in [2.05, 4.69) is 10.1 Å². The lowest BCUT2D eigenvalue weighted by Crippen LogP contribution is -2.26. The molecule has 0 aliphatic rings. The van der Waals surface area contributed by atoms with Gasteiger partial charge in [-0.2, -0.15) is 5.10 Å². The summed E-state index contributed by atoms with van der Waals surface area (Å²) < 4.78 is 3.26. The summed E-state index contributed by atoms with van der Waals surface area (Å²) in [7, 11) is 1.67. The van der Waals surface area contributed by atoms with Crippen molar-refractivity contribution in [2.24, 2.45) is 7.05 Å². The highest BCUT2D eigenvalue weighted by atomic mass is 16.1. The van der Waals surface area contributed by atoms with Gasteiger partial charge in [-0.3, -0.25) is 4.79 Å². The standard InChI is InChI=1S/C12H16N4O/c1-8(2)11-10(7-14-15(4)12(11)17)16-6-5-13-9(16)3/h5-8H,1-4H3. The largest absolute Gasteiger partial charge is 0.302 e. The third-order valence-corrected chi connectivity index (χ3v) is 2.82. The number of imidazole rings is 1. The van der Waals surface area contributed by atoms with Gasteiger partial charge in [-0.05, 0) is 12.8 Å². The van der Waals surface area contributed by atoms with Crippen molar-refractivity contribution in [2.75, 3.05) is 0 Å². The molecule has 2 heterocycles. The Morgan fingerprint density at radius 1 is 1.35 bits per heavy atom. The molecule has 5 heteroatoms. The van der Waals surface area contributed by atoms with Gasteiger partial charge >= 0.3 is 0 Å². The Hall–Kier alpha value is -1.91. The molecule has 0 atom stereocenters. The molecular weight excluding hydrogens is 216 g/mol. The van der Waals surface area contributed by atoms with Gasteiger partial charge in [-0.1, -0.05) is 13.8 Å². The molecule has 0 aliphatic carbocycles. The van der Waals surface area contributed by atoms with Gasteiger partial charge in [0.1, 0.15) is 5.82 Å². The summed E-state index contributed by atoms with van der Waals surface area (Å²) in [6.07, 6.45) is 5.28. The summed E-state index contributed by atoms with van der Waals surface area (Å²) in [5.74, 6) is 0.996. The smallest absolute Gasteiger partial charge is 0.272 e. The van der Waals surface area contributed by atoms with Crippen molar-refractivity contribution in [3.05, 3.63) is 40.3 Å². The summed E-state index contributed by atoms with van der Waals surface area (Å²) in [6.45, 7) is 5.92. The number of rotatable bonds is 2. The molecule has 0 saturated carbocycles. The summed E-state index contributed by atoms with van der Waals surface area (Å²) >= 11 is 0. The third kappa shape index (κ3) is 1.88.